The predicted molar refractivity (Wildman–Crippen MR) is 78.0 cm³/mol. The zero-order valence-corrected chi connectivity index (χ0v) is 10.8. The number of unbranched alkanes of at least 4 members (excludes halogenated alkanes) is 1. The van der Waals surface area contributed by atoms with Crippen LogP contribution in [-0.2, 0) is 6.42 Å². The first kappa shape index (κ1) is 11.8. The molecule has 2 aromatic carbocycles. The van der Waals surface area contributed by atoms with Crippen molar-refractivity contribution in [2.45, 2.75) is 19.3 Å². The minimum Gasteiger partial charge on any atom is -0.385 e. The highest BCUT2D eigenvalue weighted by atomic mass is 14.9. The van der Waals surface area contributed by atoms with E-state index in [0.29, 0.717) is 6.42 Å². The number of hydrogen-bond acceptors (Lipinski definition) is 2. The Bertz CT molecular complexity index is 638. The van der Waals surface area contributed by atoms with Crippen molar-refractivity contribution in [3.8, 4) is 17.2 Å². The third-order valence-corrected chi connectivity index (χ3v) is 3.59. The zero-order chi connectivity index (χ0) is 13.1. The summed E-state index contributed by atoms with van der Waals surface area (Å²) in [6.45, 7) is 0.860. The molecule has 0 fully saturated rings. The third-order valence-electron chi connectivity index (χ3n) is 3.59. The lowest BCUT2D eigenvalue weighted by Gasteiger charge is -2.07. The maximum Gasteiger partial charge on any atom is 0.0622 e. The van der Waals surface area contributed by atoms with Gasteiger partial charge in [-0.05, 0) is 47.2 Å². The van der Waals surface area contributed by atoms with E-state index in [0.717, 1.165) is 25.1 Å². The average Bonchev–Trinajstić information content (AvgIpc) is 2.81. The Kier molecular flexibility index (Phi) is 3.20. The SMILES string of the molecule is N#CCCCNc1ccc2c(c1)Cc1ccccc1-2. The number of hydrogen-bond donors (Lipinski definition) is 1. The van der Waals surface area contributed by atoms with Crippen LogP contribution < -0.4 is 5.32 Å². The largest absolute Gasteiger partial charge is 0.385 e. The summed E-state index contributed by atoms with van der Waals surface area (Å²) in [5.41, 5.74) is 6.70. The summed E-state index contributed by atoms with van der Waals surface area (Å²) in [6, 6.07) is 17.3. The van der Waals surface area contributed by atoms with Gasteiger partial charge in [0.05, 0.1) is 6.07 Å². The minimum absolute atomic E-state index is 0.614. The summed E-state index contributed by atoms with van der Waals surface area (Å²) >= 11 is 0. The standard InChI is InChI=1S/C17H16N2/c18-9-3-4-10-19-15-7-8-17-14(12-15)11-13-5-1-2-6-16(13)17/h1-2,5-8,12,19H,3-4,10-11H2. The predicted octanol–water partition coefficient (Wildman–Crippen LogP) is 3.97. The Morgan fingerprint density at radius 2 is 1.89 bits per heavy atom. The van der Waals surface area contributed by atoms with Crippen LogP contribution in [0.15, 0.2) is 42.5 Å². The first-order valence-electron chi connectivity index (χ1n) is 6.70. The van der Waals surface area contributed by atoms with Crippen molar-refractivity contribution in [1.82, 2.24) is 0 Å². The second-order valence-corrected chi connectivity index (χ2v) is 4.89. The Labute approximate surface area is 113 Å². The molecule has 0 spiro atoms. The average molecular weight is 248 g/mol. The molecule has 1 aliphatic rings. The van der Waals surface area contributed by atoms with Crippen LogP contribution in [0, 0.1) is 11.3 Å². The molecule has 2 aromatic rings. The molecule has 0 saturated heterocycles. The van der Waals surface area contributed by atoms with E-state index in [1.54, 1.807) is 0 Å². The highest BCUT2D eigenvalue weighted by molar-refractivity contribution is 5.78. The van der Waals surface area contributed by atoms with Gasteiger partial charge >= 0.3 is 0 Å². The lowest BCUT2D eigenvalue weighted by Crippen LogP contribution is -2.01. The Morgan fingerprint density at radius 1 is 1.05 bits per heavy atom. The van der Waals surface area contributed by atoms with E-state index in [1.807, 2.05) is 0 Å². The van der Waals surface area contributed by atoms with E-state index in [1.165, 1.54) is 22.3 Å². The summed E-state index contributed by atoms with van der Waals surface area (Å²) in [5, 5.41) is 11.9. The molecule has 0 atom stereocenters. The fourth-order valence-corrected chi connectivity index (χ4v) is 2.66. The van der Waals surface area contributed by atoms with Crippen LogP contribution in [0.5, 0.6) is 0 Å². The molecule has 94 valence electrons. The molecule has 0 aliphatic heterocycles. The second-order valence-electron chi connectivity index (χ2n) is 4.89. The molecule has 0 unspecified atom stereocenters. The van der Waals surface area contributed by atoms with Crippen LogP contribution >= 0.6 is 0 Å². The van der Waals surface area contributed by atoms with Gasteiger partial charge in [-0.3, -0.25) is 0 Å². The molecule has 19 heavy (non-hydrogen) atoms. The maximum absolute atomic E-state index is 8.51. The van der Waals surface area contributed by atoms with Crippen molar-refractivity contribution in [1.29, 1.82) is 5.26 Å². The van der Waals surface area contributed by atoms with Crippen molar-refractivity contribution in [3.05, 3.63) is 53.6 Å². The van der Waals surface area contributed by atoms with E-state index < -0.39 is 0 Å². The van der Waals surface area contributed by atoms with Gasteiger partial charge in [0.15, 0.2) is 0 Å². The van der Waals surface area contributed by atoms with Crippen molar-refractivity contribution < 1.29 is 0 Å². The van der Waals surface area contributed by atoms with E-state index in [2.05, 4.69) is 53.9 Å². The van der Waals surface area contributed by atoms with Gasteiger partial charge in [-0.15, -0.1) is 0 Å². The van der Waals surface area contributed by atoms with Crippen molar-refractivity contribution >= 4 is 5.69 Å². The molecular weight excluding hydrogens is 232 g/mol. The first-order valence-corrected chi connectivity index (χ1v) is 6.70. The van der Waals surface area contributed by atoms with Crippen molar-refractivity contribution in [2.75, 3.05) is 11.9 Å². The van der Waals surface area contributed by atoms with Crippen molar-refractivity contribution in [2.24, 2.45) is 0 Å². The van der Waals surface area contributed by atoms with Gasteiger partial charge in [0.1, 0.15) is 0 Å². The van der Waals surface area contributed by atoms with Crippen molar-refractivity contribution in [3.63, 3.8) is 0 Å². The summed E-state index contributed by atoms with van der Waals surface area (Å²) < 4.78 is 0. The number of nitrogens with zero attached hydrogens (tertiary/aromatic N) is 1. The Hall–Kier alpha value is -2.27. The third kappa shape index (κ3) is 2.32. The highest BCUT2D eigenvalue weighted by Gasteiger charge is 2.17. The van der Waals surface area contributed by atoms with Crippen LogP contribution in [0.3, 0.4) is 0 Å². The topological polar surface area (TPSA) is 35.8 Å². The lowest BCUT2D eigenvalue weighted by molar-refractivity contribution is 0.897. The molecule has 2 nitrogen and oxygen atoms in total. The molecule has 3 rings (SSSR count). The van der Waals surface area contributed by atoms with Gasteiger partial charge in [-0.1, -0.05) is 30.3 Å². The van der Waals surface area contributed by atoms with E-state index in [9.17, 15) is 0 Å². The van der Waals surface area contributed by atoms with Gasteiger partial charge in [-0.25, -0.2) is 0 Å². The second kappa shape index (κ2) is 5.16. The van der Waals surface area contributed by atoms with Crippen LogP contribution in [0.2, 0.25) is 0 Å². The molecule has 0 bridgehead atoms. The zero-order valence-electron chi connectivity index (χ0n) is 10.8. The molecular formula is C17H16N2. The fourth-order valence-electron chi connectivity index (χ4n) is 2.66. The molecule has 0 radical (unpaired) electrons. The summed E-state index contributed by atoms with van der Waals surface area (Å²) in [5.74, 6) is 0. The number of benzene rings is 2. The van der Waals surface area contributed by atoms with Gasteiger partial charge in [0.2, 0.25) is 0 Å². The van der Waals surface area contributed by atoms with Crippen LogP contribution in [0.4, 0.5) is 5.69 Å². The van der Waals surface area contributed by atoms with Crippen LogP contribution in [-0.4, -0.2) is 6.54 Å². The molecule has 1 N–H and O–H groups in total. The number of nitrogens with one attached hydrogen (secondary N) is 1. The normalized spacial score (nSPS) is 11.5. The number of nitriles is 1. The Morgan fingerprint density at radius 3 is 2.79 bits per heavy atom. The smallest absolute Gasteiger partial charge is 0.0622 e. The molecule has 0 aromatic heterocycles. The van der Waals surface area contributed by atoms with Gasteiger partial charge in [0.25, 0.3) is 0 Å². The minimum atomic E-state index is 0.614. The van der Waals surface area contributed by atoms with Gasteiger partial charge in [-0.2, -0.15) is 5.26 Å². The first-order chi connectivity index (χ1) is 9.38. The highest BCUT2D eigenvalue weighted by Crippen LogP contribution is 2.37. The quantitative estimate of drug-likeness (QED) is 0.709. The lowest BCUT2D eigenvalue weighted by atomic mass is 10.1. The fraction of sp³-hybridized carbons (Fsp3) is 0.235. The molecule has 2 heteroatoms. The van der Waals surface area contributed by atoms with Gasteiger partial charge < -0.3 is 5.32 Å². The number of anilines is 1. The maximum atomic E-state index is 8.51. The van der Waals surface area contributed by atoms with Gasteiger partial charge in [0, 0.05) is 18.7 Å². The summed E-state index contributed by atoms with van der Waals surface area (Å²) in [6.07, 6.45) is 2.54. The monoisotopic (exact) mass is 248 g/mol. The number of fused-ring (bicyclic) bond motifs is 3. The van der Waals surface area contributed by atoms with Crippen LogP contribution in [0.25, 0.3) is 11.1 Å². The number of rotatable bonds is 4. The Balaban J connectivity index is 1.76. The summed E-state index contributed by atoms with van der Waals surface area (Å²) in [4.78, 5) is 0. The van der Waals surface area contributed by atoms with E-state index in [-0.39, 0.29) is 0 Å². The molecule has 0 amide bonds. The molecule has 0 heterocycles. The molecule has 1 aliphatic carbocycles. The van der Waals surface area contributed by atoms with E-state index >= 15 is 0 Å². The summed E-state index contributed by atoms with van der Waals surface area (Å²) in [7, 11) is 0. The van der Waals surface area contributed by atoms with Crippen LogP contribution in [0.1, 0.15) is 24.0 Å². The van der Waals surface area contributed by atoms with E-state index in [4.69, 9.17) is 5.26 Å². The molecule has 0 saturated carbocycles.